The molecular weight excluding hydrogens is 312 g/mol. The van der Waals surface area contributed by atoms with Crippen LogP contribution in [0.25, 0.3) is 21.5 Å². The summed E-state index contributed by atoms with van der Waals surface area (Å²) in [6.45, 7) is 0. The Morgan fingerprint density at radius 2 is 1.87 bits per heavy atom. The fourth-order valence-electron chi connectivity index (χ4n) is 3.30. The Morgan fingerprint density at radius 1 is 1.13 bits per heavy atom. The highest BCUT2D eigenvalue weighted by atomic mass is 32.1. The number of fused-ring (bicyclic) bond motifs is 1. The van der Waals surface area contributed by atoms with Gasteiger partial charge in [-0.25, -0.2) is 4.79 Å². The highest BCUT2D eigenvalue weighted by molar-refractivity contribution is 7.13. The molecule has 3 heterocycles. The summed E-state index contributed by atoms with van der Waals surface area (Å²) >= 11 is 1.15. The van der Waals surface area contributed by atoms with Crippen molar-refractivity contribution in [3.05, 3.63) is 45.4 Å². The van der Waals surface area contributed by atoms with Crippen molar-refractivity contribution in [2.45, 2.75) is 38.1 Å². The third kappa shape index (κ3) is 2.41. The molecule has 3 aromatic heterocycles. The van der Waals surface area contributed by atoms with Crippen molar-refractivity contribution in [3.63, 3.8) is 0 Å². The Kier molecular flexibility index (Phi) is 3.57. The smallest absolute Gasteiger partial charge is 0.304 e. The lowest BCUT2D eigenvalue weighted by molar-refractivity contribution is 0.338. The van der Waals surface area contributed by atoms with E-state index in [4.69, 9.17) is 0 Å². The van der Waals surface area contributed by atoms with E-state index < -0.39 is 0 Å². The van der Waals surface area contributed by atoms with Gasteiger partial charge >= 0.3 is 5.69 Å². The zero-order valence-corrected chi connectivity index (χ0v) is 13.3. The van der Waals surface area contributed by atoms with Gasteiger partial charge in [-0.05, 0) is 36.5 Å². The Hall–Kier alpha value is -2.28. The van der Waals surface area contributed by atoms with E-state index in [-0.39, 0.29) is 17.3 Å². The Morgan fingerprint density at radius 3 is 2.61 bits per heavy atom. The van der Waals surface area contributed by atoms with Crippen molar-refractivity contribution in [2.24, 2.45) is 0 Å². The van der Waals surface area contributed by atoms with Crippen molar-refractivity contribution in [1.82, 2.24) is 18.9 Å². The molecule has 1 saturated carbocycles. The average Bonchev–Trinajstić information content (AvgIpc) is 3.00. The molecule has 3 aromatic rings. The van der Waals surface area contributed by atoms with Crippen molar-refractivity contribution < 1.29 is 0 Å². The van der Waals surface area contributed by atoms with Crippen LogP contribution in [0.2, 0.25) is 0 Å². The molecule has 1 fully saturated rings. The van der Waals surface area contributed by atoms with E-state index >= 15 is 0 Å². The lowest BCUT2D eigenvalue weighted by Crippen LogP contribution is -2.38. The second-order valence-corrected chi connectivity index (χ2v) is 6.64. The molecule has 0 aliphatic heterocycles. The van der Waals surface area contributed by atoms with Gasteiger partial charge in [-0.15, -0.1) is 0 Å². The van der Waals surface area contributed by atoms with Gasteiger partial charge in [0.25, 0.3) is 5.56 Å². The van der Waals surface area contributed by atoms with Crippen LogP contribution in [0.4, 0.5) is 0 Å². The van der Waals surface area contributed by atoms with Gasteiger partial charge in [-0.3, -0.25) is 14.3 Å². The molecule has 0 atom stereocenters. The van der Waals surface area contributed by atoms with Crippen molar-refractivity contribution >= 4 is 21.7 Å². The predicted octanol–water partition coefficient (Wildman–Crippen LogP) is 2.71. The zero-order chi connectivity index (χ0) is 15.8. The van der Waals surface area contributed by atoms with Crippen LogP contribution in [0.1, 0.15) is 38.1 Å². The van der Waals surface area contributed by atoms with Gasteiger partial charge in [0.2, 0.25) is 0 Å². The summed E-state index contributed by atoms with van der Waals surface area (Å²) in [5.41, 5.74) is 1.47. The van der Waals surface area contributed by atoms with Crippen LogP contribution in [-0.2, 0) is 0 Å². The molecule has 0 saturated heterocycles. The van der Waals surface area contributed by atoms with Crippen LogP contribution in [0, 0.1) is 0 Å². The lowest BCUT2D eigenvalue weighted by atomic mass is 9.95. The Balaban J connectivity index is 1.91. The highest BCUT2D eigenvalue weighted by Gasteiger charge is 2.22. The predicted molar refractivity (Wildman–Crippen MR) is 89.9 cm³/mol. The molecule has 0 spiro atoms. The Labute approximate surface area is 136 Å². The van der Waals surface area contributed by atoms with E-state index in [1.165, 1.54) is 11.0 Å². The summed E-state index contributed by atoms with van der Waals surface area (Å²) in [5.74, 6) is 0. The molecule has 23 heavy (non-hydrogen) atoms. The second-order valence-electron chi connectivity index (χ2n) is 5.87. The van der Waals surface area contributed by atoms with Gasteiger partial charge in [0.05, 0.1) is 5.52 Å². The molecule has 0 amide bonds. The van der Waals surface area contributed by atoms with Crippen LogP contribution in [-0.4, -0.2) is 18.9 Å². The van der Waals surface area contributed by atoms with Gasteiger partial charge in [0, 0.05) is 24.0 Å². The first-order valence-corrected chi connectivity index (χ1v) is 8.57. The molecule has 1 aliphatic rings. The third-order valence-electron chi connectivity index (χ3n) is 4.45. The molecule has 118 valence electrons. The second kappa shape index (κ2) is 5.73. The maximum atomic E-state index is 12.8. The van der Waals surface area contributed by atoms with Crippen molar-refractivity contribution in [1.29, 1.82) is 0 Å². The number of hydrogen-bond acceptors (Lipinski definition) is 5. The van der Waals surface area contributed by atoms with Gasteiger partial charge in [0.1, 0.15) is 10.4 Å². The largest absolute Gasteiger partial charge is 0.329 e. The number of nitrogens with zero attached hydrogens (tertiary/aromatic N) is 3. The van der Waals surface area contributed by atoms with E-state index in [9.17, 15) is 9.59 Å². The SMILES string of the molecule is O=c1[nH]c2c(-c3ccncc3)nsc2c(=O)n1C1CCCCC1. The van der Waals surface area contributed by atoms with Crippen LogP contribution in [0.3, 0.4) is 0 Å². The molecule has 7 heteroatoms. The van der Waals surface area contributed by atoms with Gasteiger partial charge in [0.15, 0.2) is 0 Å². The van der Waals surface area contributed by atoms with Gasteiger partial charge in [-0.2, -0.15) is 4.37 Å². The summed E-state index contributed by atoms with van der Waals surface area (Å²) in [4.78, 5) is 32.2. The zero-order valence-electron chi connectivity index (χ0n) is 12.5. The van der Waals surface area contributed by atoms with Gasteiger partial charge < -0.3 is 4.98 Å². The normalized spacial score (nSPS) is 16.0. The molecular formula is C16H16N4O2S. The van der Waals surface area contributed by atoms with Gasteiger partial charge in [-0.1, -0.05) is 19.3 Å². The number of aromatic nitrogens is 4. The standard InChI is InChI=1S/C16H16N4O2S/c21-15-14-13(12(19-23-14)10-6-8-17-9-7-10)18-16(22)20(15)11-4-2-1-3-5-11/h6-9,11H,1-5H2,(H,18,22). The molecule has 0 radical (unpaired) electrons. The first kappa shape index (κ1) is 14.3. The van der Waals surface area contributed by atoms with E-state index in [1.54, 1.807) is 12.4 Å². The van der Waals surface area contributed by atoms with Crippen LogP contribution >= 0.6 is 11.5 Å². The summed E-state index contributed by atoms with van der Waals surface area (Å²) in [6.07, 6.45) is 8.44. The van der Waals surface area contributed by atoms with Crippen LogP contribution in [0.5, 0.6) is 0 Å². The van der Waals surface area contributed by atoms with Crippen LogP contribution in [0.15, 0.2) is 34.1 Å². The van der Waals surface area contributed by atoms with E-state index in [0.29, 0.717) is 15.9 Å². The monoisotopic (exact) mass is 328 g/mol. The van der Waals surface area contributed by atoms with E-state index in [1.807, 2.05) is 12.1 Å². The maximum absolute atomic E-state index is 12.8. The quantitative estimate of drug-likeness (QED) is 0.784. The number of rotatable bonds is 2. The van der Waals surface area contributed by atoms with Crippen LogP contribution < -0.4 is 11.2 Å². The summed E-state index contributed by atoms with van der Waals surface area (Å²) in [7, 11) is 0. The fraction of sp³-hybridized carbons (Fsp3) is 0.375. The molecule has 0 unspecified atom stereocenters. The fourth-order valence-corrected chi connectivity index (χ4v) is 4.09. The maximum Gasteiger partial charge on any atom is 0.329 e. The molecule has 4 rings (SSSR count). The Bertz CT molecular complexity index is 952. The molecule has 1 N–H and O–H groups in total. The first-order chi connectivity index (χ1) is 11.3. The topological polar surface area (TPSA) is 80.6 Å². The molecule has 6 nitrogen and oxygen atoms in total. The number of aromatic amines is 1. The molecule has 0 aromatic carbocycles. The summed E-state index contributed by atoms with van der Waals surface area (Å²) < 4.78 is 6.30. The first-order valence-electron chi connectivity index (χ1n) is 7.80. The highest BCUT2D eigenvalue weighted by Crippen LogP contribution is 2.29. The van der Waals surface area contributed by atoms with E-state index in [0.717, 1.165) is 42.8 Å². The minimum atomic E-state index is -0.329. The average molecular weight is 328 g/mol. The summed E-state index contributed by atoms with van der Waals surface area (Å²) in [5, 5.41) is 0. The van der Waals surface area contributed by atoms with Crippen molar-refractivity contribution in [3.8, 4) is 11.3 Å². The third-order valence-corrected chi connectivity index (χ3v) is 5.28. The molecule has 1 aliphatic carbocycles. The number of H-pyrrole nitrogens is 1. The molecule has 0 bridgehead atoms. The van der Waals surface area contributed by atoms with Crippen molar-refractivity contribution in [2.75, 3.05) is 0 Å². The lowest BCUT2D eigenvalue weighted by Gasteiger charge is -2.22. The minimum Gasteiger partial charge on any atom is -0.304 e. The number of pyridine rings is 1. The number of nitrogens with one attached hydrogen (secondary N) is 1. The minimum absolute atomic E-state index is 0.0101. The summed E-state index contributed by atoms with van der Waals surface area (Å²) in [6, 6.07) is 3.65. The number of hydrogen-bond donors (Lipinski definition) is 1. The van der Waals surface area contributed by atoms with E-state index in [2.05, 4.69) is 14.3 Å².